The molecule has 0 aliphatic carbocycles. The van der Waals surface area contributed by atoms with E-state index in [-0.39, 0.29) is 5.78 Å². The molecule has 3 nitrogen and oxygen atoms in total. The maximum atomic E-state index is 11.6. The number of hydrogen-bond donors (Lipinski definition) is 1. The first-order valence-electron chi connectivity index (χ1n) is 6.23. The normalized spacial score (nSPS) is 17.2. The molecule has 1 saturated heterocycles. The summed E-state index contributed by atoms with van der Waals surface area (Å²) in [5.74, 6) is 0.881. The van der Waals surface area contributed by atoms with E-state index in [0.29, 0.717) is 5.69 Å². The van der Waals surface area contributed by atoms with E-state index in [0.717, 1.165) is 30.3 Å². The molecule has 1 heterocycles. The van der Waals surface area contributed by atoms with Gasteiger partial charge >= 0.3 is 0 Å². The zero-order valence-electron chi connectivity index (χ0n) is 10.6. The summed E-state index contributed by atoms with van der Waals surface area (Å²) < 4.78 is 0. The van der Waals surface area contributed by atoms with Crippen LogP contribution in [0.25, 0.3) is 0 Å². The number of carbonyl (C=O) groups excluding carboxylic acids is 1. The van der Waals surface area contributed by atoms with Gasteiger partial charge in [-0.1, -0.05) is 6.92 Å². The summed E-state index contributed by atoms with van der Waals surface area (Å²) in [5.41, 5.74) is 8.19. The quantitative estimate of drug-likeness (QED) is 0.630. The monoisotopic (exact) mass is 232 g/mol. The molecule has 1 aliphatic rings. The number of anilines is 2. The third-order valence-electron chi connectivity index (χ3n) is 3.52. The maximum absolute atomic E-state index is 11.6. The lowest BCUT2D eigenvalue weighted by molar-refractivity contribution is 0.101. The fourth-order valence-corrected chi connectivity index (χ4v) is 2.36. The Morgan fingerprint density at radius 2 is 2.00 bits per heavy atom. The first-order chi connectivity index (χ1) is 8.08. The molecule has 0 aromatic heterocycles. The van der Waals surface area contributed by atoms with E-state index in [1.165, 1.54) is 12.8 Å². The van der Waals surface area contributed by atoms with Gasteiger partial charge in [-0.3, -0.25) is 4.79 Å². The molecule has 0 radical (unpaired) electrons. The standard InChI is InChI=1S/C14H20N2O/c1-10-5-7-16(8-6-10)14-4-3-12(15)9-13(14)11(2)17/h3-4,9-10H,5-8,15H2,1-2H3. The highest BCUT2D eigenvalue weighted by Gasteiger charge is 2.19. The Hall–Kier alpha value is -1.51. The lowest BCUT2D eigenvalue weighted by Gasteiger charge is -2.33. The summed E-state index contributed by atoms with van der Waals surface area (Å²) in [6.45, 7) is 5.95. The van der Waals surface area contributed by atoms with Crippen molar-refractivity contribution in [3.8, 4) is 0 Å². The number of nitrogens with two attached hydrogens (primary N) is 1. The Bertz CT molecular complexity index is 420. The van der Waals surface area contributed by atoms with Crippen LogP contribution in [0.3, 0.4) is 0 Å². The highest BCUT2D eigenvalue weighted by atomic mass is 16.1. The van der Waals surface area contributed by atoms with Crippen LogP contribution in [0.15, 0.2) is 18.2 Å². The maximum Gasteiger partial charge on any atom is 0.161 e. The zero-order valence-corrected chi connectivity index (χ0v) is 10.6. The Kier molecular flexibility index (Phi) is 3.36. The van der Waals surface area contributed by atoms with Crippen LogP contribution in [0.4, 0.5) is 11.4 Å². The zero-order chi connectivity index (χ0) is 12.4. The van der Waals surface area contributed by atoms with Crippen LogP contribution in [0.5, 0.6) is 0 Å². The van der Waals surface area contributed by atoms with Crippen molar-refractivity contribution in [3.05, 3.63) is 23.8 Å². The molecule has 0 amide bonds. The number of carbonyl (C=O) groups is 1. The van der Waals surface area contributed by atoms with Crippen LogP contribution in [0.2, 0.25) is 0 Å². The lowest BCUT2D eigenvalue weighted by atomic mass is 9.97. The number of rotatable bonds is 2. The second-order valence-corrected chi connectivity index (χ2v) is 5.00. The molecule has 2 rings (SSSR count). The highest BCUT2D eigenvalue weighted by molar-refractivity contribution is 6.00. The largest absolute Gasteiger partial charge is 0.399 e. The molecule has 0 bridgehead atoms. The van der Waals surface area contributed by atoms with Crippen molar-refractivity contribution in [2.24, 2.45) is 5.92 Å². The average Bonchev–Trinajstić information content (AvgIpc) is 2.30. The summed E-state index contributed by atoms with van der Waals surface area (Å²) in [5, 5.41) is 0. The number of nitrogens with zero attached hydrogens (tertiary/aromatic N) is 1. The van der Waals surface area contributed by atoms with Crippen LogP contribution in [-0.2, 0) is 0 Å². The van der Waals surface area contributed by atoms with Crippen molar-refractivity contribution in [2.45, 2.75) is 26.7 Å². The minimum atomic E-state index is 0.0888. The van der Waals surface area contributed by atoms with Crippen molar-refractivity contribution in [1.29, 1.82) is 0 Å². The van der Waals surface area contributed by atoms with Gasteiger partial charge in [-0.25, -0.2) is 0 Å². The summed E-state index contributed by atoms with van der Waals surface area (Å²) >= 11 is 0. The molecule has 0 unspecified atom stereocenters. The van der Waals surface area contributed by atoms with Crippen molar-refractivity contribution < 1.29 is 4.79 Å². The number of benzene rings is 1. The third kappa shape index (κ3) is 2.60. The first kappa shape index (κ1) is 12.0. The van der Waals surface area contributed by atoms with Crippen molar-refractivity contribution in [3.63, 3.8) is 0 Å². The molecule has 0 atom stereocenters. The first-order valence-corrected chi connectivity index (χ1v) is 6.23. The minimum absolute atomic E-state index is 0.0888. The fourth-order valence-electron chi connectivity index (χ4n) is 2.36. The SMILES string of the molecule is CC(=O)c1cc(N)ccc1N1CCC(C)CC1. The summed E-state index contributed by atoms with van der Waals surface area (Å²) in [7, 11) is 0. The van der Waals surface area contributed by atoms with E-state index in [1.54, 1.807) is 13.0 Å². The number of piperidine rings is 1. The predicted octanol–water partition coefficient (Wildman–Crippen LogP) is 2.71. The Balaban J connectivity index is 2.28. The minimum Gasteiger partial charge on any atom is -0.399 e. The molecule has 1 aromatic rings. The van der Waals surface area contributed by atoms with Crippen LogP contribution < -0.4 is 10.6 Å². The highest BCUT2D eigenvalue weighted by Crippen LogP contribution is 2.28. The van der Waals surface area contributed by atoms with Gasteiger partial charge in [0.2, 0.25) is 0 Å². The predicted molar refractivity (Wildman–Crippen MR) is 71.5 cm³/mol. The number of nitrogen functional groups attached to an aromatic ring is 1. The molecule has 1 aromatic carbocycles. The Labute approximate surface area is 103 Å². The smallest absolute Gasteiger partial charge is 0.161 e. The molecule has 3 heteroatoms. The lowest BCUT2D eigenvalue weighted by Crippen LogP contribution is -2.33. The molecule has 1 aliphatic heterocycles. The van der Waals surface area contributed by atoms with E-state index >= 15 is 0 Å². The molecule has 17 heavy (non-hydrogen) atoms. The fraction of sp³-hybridized carbons (Fsp3) is 0.500. The van der Waals surface area contributed by atoms with E-state index in [4.69, 9.17) is 5.73 Å². The molecule has 0 spiro atoms. The second-order valence-electron chi connectivity index (χ2n) is 5.00. The molecular weight excluding hydrogens is 212 g/mol. The van der Waals surface area contributed by atoms with Crippen LogP contribution in [0, 0.1) is 5.92 Å². The van der Waals surface area contributed by atoms with Gasteiger partial charge in [-0.2, -0.15) is 0 Å². The van der Waals surface area contributed by atoms with Gasteiger partial charge in [0.15, 0.2) is 5.78 Å². The summed E-state index contributed by atoms with van der Waals surface area (Å²) in [6.07, 6.45) is 2.39. The molecular formula is C14H20N2O. The Morgan fingerprint density at radius 1 is 1.35 bits per heavy atom. The van der Waals surface area contributed by atoms with Gasteiger partial charge < -0.3 is 10.6 Å². The summed E-state index contributed by atoms with van der Waals surface area (Å²) in [6, 6.07) is 5.64. The van der Waals surface area contributed by atoms with Crippen molar-refractivity contribution in [1.82, 2.24) is 0 Å². The molecule has 2 N–H and O–H groups in total. The van der Waals surface area contributed by atoms with Gasteiger partial charge in [0.05, 0.1) is 0 Å². The van der Waals surface area contributed by atoms with E-state index < -0.39 is 0 Å². The van der Waals surface area contributed by atoms with Gasteiger partial charge in [-0.15, -0.1) is 0 Å². The molecule has 1 fully saturated rings. The van der Waals surface area contributed by atoms with Crippen LogP contribution >= 0.6 is 0 Å². The van der Waals surface area contributed by atoms with Crippen LogP contribution in [-0.4, -0.2) is 18.9 Å². The van der Waals surface area contributed by atoms with E-state index in [1.807, 2.05) is 12.1 Å². The van der Waals surface area contributed by atoms with E-state index in [9.17, 15) is 4.79 Å². The van der Waals surface area contributed by atoms with Gasteiger partial charge in [-0.05, 0) is 43.9 Å². The summed E-state index contributed by atoms with van der Waals surface area (Å²) in [4.78, 5) is 13.9. The second kappa shape index (κ2) is 4.78. The number of hydrogen-bond acceptors (Lipinski definition) is 3. The molecule has 92 valence electrons. The van der Waals surface area contributed by atoms with Crippen molar-refractivity contribution >= 4 is 17.2 Å². The third-order valence-corrected chi connectivity index (χ3v) is 3.52. The number of ketones is 1. The van der Waals surface area contributed by atoms with Gasteiger partial charge in [0.1, 0.15) is 0 Å². The van der Waals surface area contributed by atoms with Gasteiger partial charge in [0.25, 0.3) is 0 Å². The topological polar surface area (TPSA) is 46.3 Å². The molecule has 0 saturated carbocycles. The van der Waals surface area contributed by atoms with E-state index in [2.05, 4.69) is 11.8 Å². The van der Waals surface area contributed by atoms with Crippen molar-refractivity contribution in [2.75, 3.05) is 23.7 Å². The van der Waals surface area contributed by atoms with Crippen LogP contribution in [0.1, 0.15) is 37.0 Å². The van der Waals surface area contributed by atoms with Gasteiger partial charge in [0, 0.05) is 30.0 Å². The average molecular weight is 232 g/mol. The number of Topliss-reactive ketones (excluding diaryl/α,β-unsaturated/α-hetero) is 1. The Morgan fingerprint density at radius 3 is 2.59 bits per heavy atom.